The lowest BCUT2D eigenvalue weighted by molar-refractivity contribution is -0.116. The summed E-state index contributed by atoms with van der Waals surface area (Å²) >= 11 is 1.42. The minimum absolute atomic E-state index is 0.0565. The highest BCUT2D eigenvalue weighted by Gasteiger charge is 2.14. The van der Waals surface area contributed by atoms with Crippen molar-refractivity contribution in [2.24, 2.45) is 0 Å². The van der Waals surface area contributed by atoms with Crippen LogP contribution in [-0.4, -0.2) is 51.6 Å². The Morgan fingerprint density at radius 3 is 2.61 bits per heavy atom. The average Bonchev–Trinajstić information content (AvgIpc) is 3.14. The predicted octanol–water partition coefficient (Wildman–Crippen LogP) is 3.56. The average molecular weight is 434 g/mol. The SMILES string of the molecule is Cc1cc(-c2cccc3nc(Sc4ccc(NC(=O)CN(C)C)cc4)nc(N)c23)n[nH]1. The fraction of sp³-hybridized carbons (Fsp3) is 0.182. The standard InChI is InChI=1S/C22H23N7OS/c1-13-11-18(28-27-13)16-5-4-6-17-20(16)21(23)26-22(25-17)31-15-9-7-14(8-10-15)24-19(30)12-29(2)3/h4-11H,12H2,1-3H3,(H,24,30)(H,27,28)(H2,23,25,26). The molecule has 0 fully saturated rings. The summed E-state index contributed by atoms with van der Waals surface area (Å²) in [6, 6.07) is 15.4. The van der Waals surface area contributed by atoms with Gasteiger partial charge >= 0.3 is 0 Å². The Kier molecular flexibility index (Phi) is 5.88. The van der Waals surface area contributed by atoms with Crippen molar-refractivity contribution in [2.75, 3.05) is 31.7 Å². The van der Waals surface area contributed by atoms with E-state index in [2.05, 4.69) is 25.5 Å². The number of amides is 1. The lowest BCUT2D eigenvalue weighted by atomic mass is 10.1. The molecule has 8 nitrogen and oxygen atoms in total. The number of likely N-dealkylation sites (N-methyl/N-ethyl adjacent to an activating group) is 1. The van der Waals surface area contributed by atoms with Crippen LogP contribution in [0.3, 0.4) is 0 Å². The van der Waals surface area contributed by atoms with Gasteiger partial charge in [0, 0.05) is 21.8 Å². The molecule has 4 rings (SSSR count). The molecule has 2 heterocycles. The van der Waals surface area contributed by atoms with Crippen LogP contribution in [0.5, 0.6) is 0 Å². The number of aryl methyl sites for hydroxylation is 1. The molecule has 0 spiro atoms. The molecule has 0 aliphatic carbocycles. The molecule has 0 saturated heterocycles. The van der Waals surface area contributed by atoms with Gasteiger partial charge in [0.05, 0.1) is 23.1 Å². The highest BCUT2D eigenvalue weighted by molar-refractivity contribution is 7.99. The quantitative estimate of drug-likeness (QED) is 0.399. The van der Waals surface area contributed by atoms with E-state index in [1.54, 1.807) is 0 Å². The van der Waals surface area contributed by atoms with Gasteiger partial charge in [0.1, 0.15) is 5.82 Å². The van der Waals surface area contributed by atoms with Crippen LogP contribution in [0.15, 0.2) is 58.6 Å². The number of aromatic nitrogens is 4. The van der Waals surface area contributed by atoms with E-state index in [4.69, 9.17) is 5.73 Å². The van der Waals surface area contributed by atoms with Crippen molar-refractivity contribution < 1.29 is 4.79 Å². The summed E-state index contributed by atoms with van der Waals surface area (Å²) < 4.78 is 0. The number of nitrogens with zero attached hydrogens (tertiary/aromatic N) is 4. The van der Waals surface area contributed by atoms with Gasteiger partial charge < -0.3 is 16.0 Å². The normalized spacial score (nSPS) is 11.2. The van der Waals surface area contributed by atoms with E-state index < -0.39 is 0 Å². The van der Waals surface area contributed by atoms with Crippen molar-refractivity contribution in [1.29, 1.82) is 0 Å². The summed E-state index contributed by atoms with van der Waals surface area (Å²) in [5.74, 6) is 0.357. The van der Waals surface area contributed by atoms with E-state index in [0.29, 0.717) is 17.5 Å². The van der Waals surface area contributed by atoms with Crippen LogP contribution < -0.4 is 11.1 Å². The molecule has 0 aliphatic heterocycles. The molecule has 2 aromatic heterocycles. The largest absolute Gasteiger partial charge is 0.383 e. The zero-order valence-corrected chi connectivity index (χ0v) is 18.3. The zero-order valence-electron chi connectivity index (χ0n) is 17.5. The van der Waals surface area contributed by atoms with Gasteiger partial charge in [-0.15, -0.1) is 0 Å². The first-order chi connectivity index (χ1) is 14.9. The number of nitrogens with two attached hydrogens (primary N) is 1. The highest BCUT2D eigenvalue weighted by Crippen LogP contribution is 2.33. The fourth-order valence-electron chi connectivity index (χ4n) is 3.20. The third-order valence-corrected chi connectivity index (χ3v) is 5.39. The van der Waals surface area contributed by atoms with Gasteiger partial charge in [-0.25, -0.2) is 9.97 Å². The van der Waals surface area contributed by atoms with Gasteiger partial charge in [0.25, 0.3) is 0 Å². The minimum Gasteiger partial charge on any atom is -0.383 e. The Morgan fingerprint density at radius 2 is 1.94 bits per heavy atom. The van der Waals surface area contributed by atoms with Gasteiger partial charge in [-0.05, 0) is 69.2 Å². The van der Waals surface area contributed by atoms with E-state index >= 15 is 0 Å². The second-order valence-corrected chi connectivity index (χ2v) is 8.48. The van der Waals surface area contributed by atoms with Gasteiger partial charge in [-0.2, -0.15) is 5.10 Å². The second kappa shape index (κ2) is 8.75. The maximum Gasteiger partial charge on any atom is 0.238 e. The number of carbonyl (C=O) groups excluding carboxylic acids is 1. The molecule has 0 unspecified atom stereocenters. The van der Waals surface area contributed by atoms with Crippen LogP contribution in [0.4, 0.5) is 11.5 Å². The Morgan fingerprint density at radius 1 is 1.16 bits per heavy atom. The van der Waals surface area contributed by atoms with Crippen molar-refractivity contribution in [3.05, 3.63) is 54.2 Å². The summed E-state index contributed by atoms with van der Waals surface area (Å²) in [6.07, 6.45) is 0. The molecule has 1 amide bonds. The van der Waals surface area contributed by atoms with Crippen LogP contribution in [0.1, 0.15) is 5.69 Å². The van der Waals surface area contributed by atoms with Crippen LogP contribution in [0.2, 0.25) is 0 Å². The third kappa shape index (κ3) is 4.84. The molecular weight excluding hydrogens is 410 g/mol. The summed E-state index contributed by atoms with van der Waals surface area (Å²) in [4.78, 5) is 23.9. The lowest BCUT2D eigenvalue weighted by Crippen LogP contribution is -2.26. The molecule has 158 valence electrons. The molecule has 9 heteroatoms. The molecule has 0 bridgehead atoms. The zero-order chi connectivity index (χ0) is 22.0. The topological polar surface area (TPSA) is 113 Å². The second-order valence-electron chi connectivity index (χ2n) is 7.44. The lowest BCUT2D eigenvalue weighted by Gasteiger charge is -2.11. The van der Waals surface area contributed by atoms with E-state index in [1.165, 1.54) is 11.8 Å². The number of hydrogen-bond donors (Lipinski definition) is 3. The molecule has 31 heavy (non-hydrogen) atoms. The van der Waals surface area contributed by atoms with Crippen LogP contribution in [-0.2, 0) is 4.79 Å². The molecule has 0 aliphatic rings. The summed E-state index contributed by atoms with van der Waals surface area (Å²) in [5.41, 5.74) is 10.5. The number of H-pyrrole nitrogens is 1. The minimum atomic E-state index is -0.0565. The Hall–Kier alpha value is -3.43. The summed E-state index contributed by atoms with van der Waals surface area (Å²) in [5, 5.41) is 11.5. The molecular formula is C22H23N7OS. The number of nitrogen functional groups attached to an aromatic ring is 1. The number of hydrogen-bond acceptors (Lipinski definition) is 7. The predicted molar refractivity (Wildman–Crippen MR) is 124 cm³/mol. The van der Waals surface area contributed by atoms with Gasteiger partial charge in [0.15, 0.2) is 5.16 Å². The van der Waals surface area contributed by atoms with E-state index in [9.17, 15) is 4.79 Å². The van der Waals surface area contributed by atoms with Crippen molar-refractivity contribution in [2.45, 2.75) is 17.0 Å². The Balaban J connectivity index is 1.56. The Labute approximate surface area is 184 Å². The van der Waals surface area contributed by atoms with Crippen molar-refractivity contribution in [3.8, 4) is 11.3 Å². The van der Waals surface area contributed by atoms with Gasteiger partial charge in [0.2, 0.25) is 5.91 Å². The number of anilines is 2. The summed E-state index contributed by atoms with van der Waals surface area (Å²) in [7, 11) is 3.71. The third-order valence-electron chi connectivity index (χ3n) is 4.52. The number of benzene rings is 2. The first kappa shape index (κ1) is 20.8. The van der Waals surface area contributed by atoms with Crippen LogP contribution in [0.25, 0.3) is 22.2 Å². The van der Waals surface area contributed by atoms with Crippen molar-refractivity contribution in [1.82, 2.24) is 25.1 Å². The molecule has 0 saturated carbocycles. The monoisotopic (exact) mass is 433 g/mol. The van der Waals surface area contributed by atoms with Crippen LogP contribution in [0, 0.1) is 6.92 Å². The molecule has 2 aromatic carbocycles. The fourth-order valence-corrected chi connectivity index (χ4v) is 3.97. The van der Waals surface area contributed by atoms with Crippen LogP contribution >= 0.6 is 11.8 Å². The first-order valence-corrected chi connectivity index (χ1v) is 10.5. The number of rotatable bonds is 6. The highest BCUT2D eigenvalue weighted by atomic mass is 32.2. The smallest absolute Gasteiger partial charge is 0.238 e. The summed E-state index contributed by atoms with van der Waals surface area (Å²) in [6.45, 7) is 2.29. The van der Waals surface area contributed by atoms with Gasteiger partial charge in [-0.3, -0.25) is 9.89 Å². The molecule has 4 N–H and O–H groups in total. The maximum atomic E-state index is 11.9. The maximum absolute atomic E-state index is 11.9. The van der Waals surface area contributed by atoms with E-state index in [1.807, 2.05) is 74.4 Å². The number of fused-ring (bicyclic) bond motifs is 1. The molecule has 0 radical (unpaired) electrons. The van der Waals surface area contributed by atoms with E-state index in [0.717, 1.165) is 38.4 Å². The number of nitrogens with one attached hydrogen (secondary N) is 2. The number of aromatic amines is 1. The van der Waals surface area contributed by atoms with Crippen molar-refractivity contribution in [3.63, 3.8) is 0 Å². The first-order valence-electron chi connectivity index (χ1n) is 9.70. The van der Waals surface area contributed by atoms with E-state index in [-0.39, 0.29) is 5.91 Å². The van der Waals surface area contributed by atoms with Crippen molar-refractivity contribution >= 4 is 40.1 Å². The molecule has 4 aromatic rings. The van der Waals surface area contributed by atoms with Gasteiger partial charge in [-0.1, -0.05) is 12.1 Å². The Bertz CT molecular complexity index is 1230. The molecule has 0 atom stereocenters. The number of carbonyl (C=O) groups is 1.